The fourth-order valence-corrected chi connectivity index (χ4v) is 5.85. The van der Waals surface area contributed by atoms with Crippen LogP contribution in [-0.4, -0.2) is 45.7 Å². The molecule has 6 rings (SSSR count). The minimum atomic E-state index is -0.594. The van der Waals surface area contributed by atoms with Crippen molar-refractivity contribution < 1.29 is 19.1 Å². The van der Waals surface area contributed by atoms with E-state index < -0.39 is 6.04 Å². The van der Waals surface area contributed by atoms with Crippen molar-refractivity contribution in [3.63, 3.8) is 0 Å². The lowest BCUT2D eigenvalue weighted by molar-refractivity contribution is -0.136. The molecule has 7 heteroatoms. The molecule has 3 aliphatic heterocycles. The van der Waals surface area contributed by atoms with Gasteiger partial charge in [-0.05, 0) is 60.6 Å². The first-order valence-electron chi connectivity index (χ1n) is 11.8. The predicted molar refractivity (Wildman–Crippen MR) is 120 cm³/mol. The smallest absolute Gasteiger partial charge is 0.255 e. The highest BCUT2D eigenvalue weighted by Gasteiger charge is 2.40. The van der Waals surface area contributed by atoms with Crippen LogP contribution in [0.25, 0.3) is 0 Å². The molecule has 2 aromatic rings. The number of benzene rings is 2. The number of hydrogen-bond donors (Lipinski definition) is 1. The topological polar surface area (TPSA) is 79.0 Å². The van der Waals surface area contributed by atoms with Crippen molar-refractivity contribution in [2.24, 2.45) is 0 Å². The monoisotopic (exact) mass is 445 g/mol. The number of rotatable bonds is 4. The zero-order valence-corrected chi connectivity index (χ0v) is 18.5. The second-order valence-electron chi connectivity index (χ2n) is 9.55. The number of ether oxygens (including phenoxy) is 1. The first-order valence-corrected chi connectivity index (χ1v) is 11.8. The molecule has 3 heterocycles. The number of fused-ring (bicyclic) bond motifs is 2. The summed E-state index contributed by atoms with van der Waals surface area (Å²) in [5.74, 6) is -0.0347. The molecular weight excluding hydrogens is 418 g/mol. The summed E-state index contributed by atoms with van der Waals surface area (Å²) < 4.78 is 6.48. The van der Waals surface area contributed by atoms with Gasteiger partial charge in [-0.3, -0.25) is 24.6 Å². The zero-order valence-electron chi connectivity index (χ0n) is 18.5. The summed E-state index contributed by atoms with van der Waals surface area (Å²) in [6.07, 6.45) is 4.06. The van der Waals surface area contributed by atoms with Crippen molar-refractivity contribution in [2.75, 3.05) is 0 Å². The van der Waals surface area contributed by atoms with E-state index in [9.17, 15) is 14.4 Å². The van der Waals surface area contributed by atoms with Gasteiger partial charge in [0.15, 0.2) is 0 Å². The summed E-state index contributed by atoms with van der Waals surface area (Å²) in [7, 11) is 0. The number of carbonyl (C=O) groups excluding carboxylic acids is 3. The molecule has 1 N–H and O–H groups in total. The van der Waals surface area contributed by atoms with Gasteiger partial charge < -0.3 is 9.64 Å². The average molecular weight is 446 g/mol. The summed E-state index contributed by atoms with van der Waals surface area (Å²) in [6.45, 7) is 2.31. The molecule has 1 saturated carbocycles. The maximum absolute atomic E-state index is 12.9. The van der Waals surface area contributed by atoms with Crippen molar-refractivity contribution in [1.82, 2.24) is 15.1 Å². The Morgan fingerprint density at radius 3 is 2.42 bits per heavy atom. The van der Waals surface area contributed by atoms with Crippen molar-refractivity contribution in [3.05, 3.63) is 64.7 Å². The van der Waals surface area contributed by atoms with E-state index in [1.807, 2.05) is 18.2 Å². The maximum Gasteiger partial charge on any atom is 0.255 e. The molecule has 2 unspecified atom stereocenters. The standard InChI is InChI=1S/C26H27N3O4/c30-24-11-10-22(25(31)27-24)29-15-18-12-19(8-9-20(18)26(29)32)33-23-7-3-6-21(23)28-13-16-4-1-2-5-17(16)14-28/h1-2,4-5,8-9,12,21-23H,3,6-7,10-11,13-15H2,(H,27,30,31)/t21-,22?,23?/m1/s1. The molecule has 7 nitrogen and oxygen atoms in total. The van der Waals surface area contributed by atoms with Crippen molar-refractivity contribution in [3.8, 4) is 5.75 Å². The van der Waals surface area contributed by atoms with Crippen LogP contribution in [0.2, 0.25) is 0 Å². The third-order valence-electron chi connectivity index (χ3n) is 7.53. The van der Waals surface area contributed by atoms with E-state index in [-0.39, 0.29) is 30.2 Å². The summed E-state index contributed by atoms with van der Waals surface area (Å²) in [5.41, 5.74) is 4.32. The van der Waals surface area contributed by atoms with Crippen molar-refractivity contribution >= 4 is 17.7 Å². The lowest BCUT2D eigenvalue weighted by Gasteiger charge is -2.29. The number of hydrogen-bond acceptors (Lipinski definition) is 5. The highest BCUT2D eigenvalue weighted by atomic mass is 16.5. The van der Waals surface area contributed by atoms with Gasteiger partial charge in [-0.15, -0.1) is 0 Å². The fourth-order valence-electron chi connectivity index (χ4n) is 5.85. The van der Waals surface area contributed by atoms with Crippen molar-refractivity contribution in [1.29, 1.82) is 0 Å². The van der Waals surface area contributed by atoms with Crippen LogP contribution in [0, 0.1) is 0 Å². The second-order valence-corrected chi connectivity index (χ2v) is 9.55. The summed E-state index contributed by atoms with van der Waals surface area (Å²) in [4.78, 5) is 40.8. The summed E-state index contributed by atoms with van der Waals surface area (Å²) in [6, 6.07) is 14.1. The molecule has 2 aromatic carbocycles. The Kier molecular flexibility index (Phi) is 4.94. The van der Waals surface area contributed by atoms with Gasteiger partial charge in [-0.2, -0.15) is 0 Å². The molecule has 33 heavy (non-hydrogen) atoms. The Balaban J connectivity index is 1.16. The van der Waals surface area contributed by atoms with Gasteiger partial charge >= 0.3 is 0 Å². The molecule has 1 aliphatic carbocycles. The number of amides is 3. The number of carbonyl (C=O) groups is 3. The quantitative estimate of drug-likeness (QED) is 0.733. The van der Waals surface area contributed by atoms with Crippen LogP contribution in [0.4, 0.5) is 0 Å². The molecule has 3 amide bonds. The van der Waals surface area contributed by atoms with Gasteiger partial charge in [-0.25, -0.2) is 0 Å². The van der Waals surface area contributed by atoms with Gasteiger partial charge in [0.05, 0.1) is 0 Å². The van der Waals surface area contributed by atoms with Crippen LogP contribution in [0.3, 0.4) is 0 Å². The molecule has 1 saturated heterocycles. The van der Waals surface area contributed by atoms with E-state index >= 15 is 0 Å². The normalized spacial score (nSPS) is 27.0. The van der Waals surface area contributed by atoms with E-state index in [0.717, 1.165) is 43.7 Å². The third kappa shape index (κ3) is 3.60. The molecule has 0 bridgehead atoms. The van der Waals surface area contributed by atoms with Crippen LogP contribution < -0.4 is 10.1 Å². The predicted octanol–water partition coefficient (Wildman–Crippen LogP) is 2.76. The third-order valence-corrected chi connectivity index (χ3v) is 7.53. The molecule has 170 valence electrons. The number of imide groups is 1. The van der Waals surface area contributed by atoms with Gasteiger partial charge in [0.2, 0.25) is 11.8 Å². The van der Waals surface area contributed by atoms with Crippen molar-refractivity contribution in [2.45, 2.75) is 69.9 Å². The molecule has 4 aliphatic rings. The van der Waals surface area contributed by atoms with E-state index in [4.69, 9.17) is 4.74 Å². The van der Waals surface area contributed by atoms with E-state index in [0.29, 0.717) is 24.6 Å². The first-order chi connectivity index (χ1) is 16.1. The average Bonchev–Trinajstić information content (AvgIpc) is 3.51. The van der Waals surface area contributed by atoms with Crippen LogP contribution in [0.5, 0.6) is 5.75 Å². The zero-order chi connectivity index (χ0) is 22.5. The second kappa shape index (κ2) is 7.99. The van der Waals surface area contributed by atoms with E-state index in [1.165, 1.54) is 11.1 Å². The lowest BCUT2D eigenvalue weighted by Crippen LogP contribution is -2.52. The lowest BCUT2D eigenvalue weighted by atomic mass is 10.0. The molecular formula is C26H27N3O4. The number of nitrogens with one attached hydrogen (secondary N) is 1. The Morgan fingerprint density at radius 2 is 1.67 bits per heavy atom. The van der Waals surface area contributed by atoms with E-state index in [2.05, 4.69) is 34.5 Å². The minimum Gasteiger partial charge on any atom is -0.489 e. The molecule has 0 radical (unpaired) electrons. The molecule has 0 aromatic heterocycles. The van der Waals surface area contributed by atoms with Crippen LogP contribution in [-0.2, 0) is 29.2 Å². The van der Waals surface area contributed by atoms with Crippen LogP contribution >= 0.6 is 0 Å². The fraction of sp³-hybridized carbons (Fsp3) is 0.423. The van der Waals surface area contributed by atoms with Gasteiger partial charge in [0, 0.05) is 37.7 Å². The minimum absolute atomic E-state index is 0.126. The Morgan fingerprint density at radius 1 is 0.879 bits per heavy atom. The van der Waals surface area contributed by atoms with E-state index in [1.54, 1.807) is 4.90 Å². The summed E-state index contributed by atoms with van der Waals surface area (Å²) in [5, 5.41) is 2.35. The van der Waals surface area contributed by atoms with Gasteiger partial charge in [0.25, 0.3) is 5.91 Å². The molecule has 0 spiro atoms. The SMILES string of the molecule is O=C1CCC(N2Cc3cc(OC4CCC[C@H]4N4Cc5ccccc5C4)ccc3C2=O)C(=O)N1. The van der Waals surface area contributed by atoms with Crippen LogP contribution in [0.15, 0.2) is 42.5 Å². The Hall–Kier alpha value is -3.19. The van der Waals surface area contributed by atoms with Gasteiger partial charge in [0.1, 0.15) is 17.9 Å². The largest absolute Gasteiger partial charge is 0.489 e. The highest BCUT2D eigenvalue weighted by molar-refractivity contribution is 6.05. The highest BCUT2D eigenvalue weighted by Crippen LogP contribution is 2.35. The Bertz CT molecular complexity index is 1120. The number of piperidine rings is 1. The van der Waals surface area contributed by atoms with Crippen LogP contribution in [0.1, 0.15) is 59.2 Å². The van der Waals surface area contributed by atoms with Gasteiger partial charge in [-0.1, -0.05) is 24.3 Å². The first kappa shape index (κ1) is 20.4. The number of nitrogens with zero attached hydrogens (tertiary/aromatic N) is 2. The Labute approximate surface area is 192 Å². The molecule has 3 atom stereocenters. The maximum atomic E-state index is 12.9. The summed E-state index contributed by atoms with van der Waals surface area (Å²) >= 11 is 0. The molecule has 2 fully saturated rings.